The van der Waals surface area contributed by atoms with Gasteiger partial charge in [-0.15, -0.1) is 0 Å². The number of ether oxygens (including phenoxy) is 1. The van der Waals surface area contributed by atoms with Gasteiger partial charge in [0.15, 0.2) is 0 Å². The summed E-state index contributed by atoms with van der Waals surface area (Å²) in [5.74, 6) is 0.790. The predicted molar refractivity (Wildman–Crippen MR) is 97.1 cm³/mol. The van der Waals surface area contributed by atoms with Crippen molar-refractivity contribution in [3.8, 4) is 0 Å². The van der Waals surface area contributed by atoms with Crippen molar-refractivity contribution in [1.29, 1.82) is 0 Å². The Morgan fingerprint density at radius 3 is 2.64 bits per heavy atom. The standard InChI is InChI=1S/C19H25N3O3/c1-13-12-16(22-8-10-24-11-9-22)4-6-18(13)20-19(23)7-5-17-14(2)21-25-15(17)3/h4,6,12H,5,7-11H2,1-3H3,(H,20,23). The summed E-state index contributed by atoms with van der Waals surface area (Å²) in [4.78, 5) is 14.6. The Balaban J connectivity index is 1.59. The molecule has 1 aliphatic heterocycles. The number of morpholine rings is 1. The molecule has 1 aliphatic rings. The van der Waals surface area contributed by atoms with Crippen LogP contribution in [-0.2, 0) is 16.0 Å². The molecule has 6 nitrogen and oxygen atoms in total. The van der Waals surface area contributed by atoms with Crippen molar-refractivity contribution in [1.82, 2.24) is 5.16 Å². The molecule has 0 radical (unpaired) electrons. The lowest BCUT2D eigenvalue weighted by Gasteiger charge is -2.29. The number of nitrogens with one attached hydrogen (secondary N) is 1. The van der Waals surface area contributed by atoms with Crippen LogP contribution >= 0.6 is 0 Å². The minimum absolute atomic E-state index is 0.00206. The molecule has 1 amide bonds. The molecule has 0 atom stereocenters. The molecule has 0 bridgehead atoms. The number of benzene rings is 1. The number of anilines is 2. The molecule has 0 aliphatic carbocycles. The highest BCUT2D eigenvalue weighted by Gasteiger charge is 2.14. The number of hydrogen-bond acceptors (Lipinski definition) is 5. The van der Waals surface area contributed by atoms with Crippen molar-refractivity contribution in [2.24, 2.45) is 0 Å². The van der Waals surface area contributed by atoms with E-state index in [2.05, 4.69) is 27.5 Å². The number of aromatic nitrogens is 1. The number of amides is 1. The molecule has 25 heavy (non-hydrogen) atoms. The van der Waals surface area contributed by atoms with Gasteiger partial charge in [0, 0.05) is 36.4 Å². The van der Waals surface area contributed by atoms with Gasteiger partial charge in [0.1, 0.15) is 5.76 Å². The van der Waals surface area contributed by atoms with Crippen molar-refractivity contribution < 1.29 is 14.1 Å². The zero-order valence-corrected chi connectivity index (χ0v) is 15.1. The van der Waals surface area contributed by atoms with E-state index < -0.39 is 0 Å². The van der Waals surface area contributed by atoms with Gasteiger partial charge in [-0.1, -0.05) is 5.16 Å². The van der Waals surface area contributed by atoms with Crippen molar-refractivity contribution in [2.45, 2.75) is 33.6 Å². The lowest BCUT2D eigenvalue weighted by Crippen LogP contribution is -2.36. The van der Waals surface area contributed by atoms with Crippen LogP contribution in [-0.4, -0.2) is 37.4 Å². The molecule has 3 rings (SSSR count). The summed E-state index contributed by atoms with van der Waals surface area (Å²) in [6.07, 6.45) is 1.05. The summed E-state index contributed by atoms with van der Waals surface area (Å²) in [5, 5.41) is 6.93. The minimum Gasteiger partial charge on any atom is -0.378 e. The maximum atomic E-state index is 12.3. The van der Waals surface area contributed by atoms with E-state index in [-0.39, 0.29) is 5.91 Å². The highest BCUT2D eigenvalue weighted by Crippen LogP contribution is 2.24. The first-order valence-electron chi connectivity index (χ1n) is 8.69. The summed E-state index contributed by atoms with van der Waals surface area (Å²) >= 11 is 0. The lowest BCUT2D eigenvalue weighted by atomic mass is 10.1. The van der Waals surface area contributed by atoms with E-state index in [4.69, 9.17) is 9.26 Å². The molecule has 1 saturated heterocycles. The number of carbonyl (C=O) groups excluding carboxylic acids is 1. The quantitative estimate of drug-likeness (QED) is 0.904. The van der Waals surface area contributed by atoms with Gasteiger partial charge in [-0.2, -0.15) is 0 Å². The predicted octanol–water partition coefficient (Wildman–Crippen LogP) is 3.01. The molecule has 1 fully saturated rings. The number of hydrogen-bond donors (Lipinski definition) is 1. The van der Waals surface area contributed by atoms with E-state index in [1.54, 1.807) is 0 Å². The Labute approximate surface area is 148 Å². The van der Waals surface area contributed by atoms with Gasteiger partial charge < -0.3 is 19.5 Å². The van der Waals surface area contributed by atoms with Gasteiger partial charge in [-0.25, -0.2) is 0 Å². The number of carbonyl (C=O) groups is 1. The molecule has 1 aromatic heterocycles. The Morgan fingerprint density at radius 2 is 2.00 bits per heavy atom. The maximum absolute atomic E-state index is 12.3. The molecule has 134 valence electrons. The first kappa shape index (κ1) is 17.5. The molecule has 0 unspecified atom stereocenters. The molecule has 6 heteroatoms. The van der Waals surface area contributed by atoms with E-state index in [1.807, 2.05) is 26.8 Å². The Morgan fingerprint density at radius 1 is 1.24 bits per heavy atom. The average molecular weight is 343 g/mol. The minimum atomic E-state index is 0.00206. The topological polar surface area (TPSA) is 67.6 Å². The monoisotopic (exact) mass is 343 g/mol. The second-order valence-electron chi connectivity index (χ2n) is 6.45. The van der Waals surface area contributed by atoms with E-state index in [1.165, 1.54) is 5.69 Å². The lowest BCUT2D eigenvalue weighted by molar-refractivity contribution is -0.116. The largest absolute Gasteiger partial charge is 0.378 e. The number of rotatable bonds is 5. The molecule has 2 aromatic rings. The first-order chi connectivity index (χ1) is 12.0. The van der Waals surface area contributed by atoms with Crippen molar-refractivity contribution in [2.75, 3.05) is 36.5 Å². The third-order valence-corrected chi connectivity index (χ3v) is 4.64. The molecule has 1 N–H and O–H groups in total. The van der Waals surface area contributed by atoms with Crippen molar-refractivity contribution in [3.05, 3.63) is 40.8 Å². The fraction of sp³-hybridized carbons (Fsp3) is 0.474. The van der Waals surface area contributed by atoms with Crippen LogP contribution in [0.4, 0.5) is 11.4 Å². The second kappa shape index (κ2) is 7.70. The number of nitrogens with zero attached hydrogens (tertiary/aromatic N) is 2. The molecule has 2 heterocycles. The third kappa shape index (κ3) is 4.20. The summed E-state index contributed by atoms with van der Waals surface area (Å²) < 4.78 is 10.5. The molecular formula is C19H25N3O3. The molecule has 1 aromatic carbocycles. The van der Waals surface area contributed by atoms with Crippen molar-refractivity contribution >= 4 is 17.3 Å². The fourth-order valence-electron chi connectivity index (χ4n) is 3.12. The molecule has 0 saturated carbocycles. The second-order valence-corrected chi connectivity index (χ2v) is 6.45. The van der Waals surface area contributed by atoms with Crippen LogP contribution < -0.4 is 10.2 Å². The van der Waals surface area contributed by atoms with Crippen LogP contribution in [0.1, 0.15) is 29.0 Å². The average Bonchev–Trinajstić information content (AvgIpc) is 2.94. The zero-order chi connectivity index (χ0) is 17.8. The van der Waals surface area contributed by atoms with Crippen LogP contribution in [0.5, 0.6) is 0 Å². The van der Waals surface area contributed by atoms with E-state index >= 15 is 0 Å². The maximum Gasteiger partial charge on any atom is 0.224 e. The SMILES string of the molecule is Cc1cc(N2CCOCC2)ccc1NC(=O)CCc1c(C)noc1C. The van der Waals surface area contributed by atoms with Gasteiger partial charge in [-0.05, 0) is 51.0 Å². The van der Waals surface area contributed by atoms with Gasteiger partial charge >= 0.3 is 0 Å². The van der Waals surface area contributed by atoms with E-state index in [9.17, 15) is 4.79 Å². The van der Waals surface area contributed by atoms with Crippen LogP contribution in [0.3, 0.4) is 0 Å². The summed E-state index contributed by atoms with van der Waals surface area (Å²) in [6.45, 7) is 9.14. The van der Waals surface area contributed by atoms with Gasteiger partial charge in [0.25, 0.3) is 0 Å². The molecular weight excluding hydrogens is 318 g/mol. The van der Waals surface area contributed by atoms with E-state index in [0.29, 0.717) is 12.8 Å². The summed E-state index contributed by atoms with van der Waals surface area (Å²) in [6, 6.07) is 6.16. The molecule has 0 spiro atoms. The van der Waals surface area contributed by atoms with Crippen LogP contribution in [0, 0.1) is 20.8 Å². The highest BCUT2D eigenvalue weighted by molar-refractivity contribution is 5.91. The third-order valence-electron chi connectivity index (χ3n) is 4.64. The van der Waals surface area contributed by atoms with Gasteiger partial charge in [0.05, 0.1) is 18.9 Å². The van der Waals surface area contributed by atoms with Gasteiger partial charge in [0.2, 0.25) is 5.91 Å². The van der Waals surface area contributed by atoms with Crippen LogP contribution in [0.25, 0.3) is 0 Å². The first-order valence-corrected chi connectivity index (χ1v) is 8.69. The smallest absolute Gasteiger partial charge is 0.224 e. The normalized spacial score (nSPS) is 14.6. The Bertz CT molecular complexity index is 729. The summed E-state index contributed by atoms with van der Waals surface area (Å²) in [5.41, 5.74) is 4.98. The van der Waals surface area contributed by atoms with Crippen molar-refractivity contribution in [3.63, 3.8) is 0 Å². The van der Waals surface area contributed by atoms with Crippen LogP contribution in [0.15, 0.2) is 22.7 Å². The van der Waals surface area contributed by atoms with Crippen LogP contribution in [0.2, 0.25) is 0 Å². The number of aryl methyl sites for hydroxylation is 3. The Kier molecular flexibility index (Phi) is 5.38. The zero-order valence-electron chi connectivity index (χ0n) is 15.1. The van der Waals surface area contributed by atoms with Gasteiger partial charge in [-0.3, -0.25) is 4.79 Å². The van der Waals surface area contributed by atoms with E-state index in [0.717, 1.165) is 54.6 Å². The fourth-order valence-corrected chi connectivity index (χ4v) is 3.12. The highest BCUT2D eigenvalue weighted by atomic mass is 16.5. The summed E-state index contributed by atoms with van der Waals surface area (Å²) in [7, 11) is 0. The Hall–Kier alpha value is -2.34.